The Morgan fingerprint density at radius 2 is 0.863 bits per heavy atom. The van der Waals surface area contributed by atoms with Gasteiger partial charge in [-0.1, -0.05) is 119 Å². The van der Waals surface area contributed by atoms with Gasteiger partial charge >= 0.3 is 17.9 Å². The van der Waals surface area contributed by atoms with E-state index < -0.39 is 298 Å². The molecule has 0 aliphatic carbocycles. The Balaban J connectivity index is 1.10. The van der Waals surface area contributed by atoms with Gasteiger partial charge in [0.25, 0.3) is 11.8 Å². The number of rotatable bonds is 67. The molecule has 5 aromatic carbocycles. The number of aliphatic hydroxyl groups is 4. The number of hydrogen-bond acceptors (Lipinski definition) is 28. The molecule has 38 nitrogen and oxygen atoms in total. The van der Waals surface area contributed by atoms with Crippen molar-refractivity contribution in [1.29, 1.82) is 0 Å². The Morgan fingerprint density at radius 1 is 0.410 bits per heavy atom. The Hall–Kier alpha value is -12.7. The highest BCUT2D eigenvalue weighted by atomic mass is 32.2. The molecule has 139 heavy (non-hydrogen) atoms. The van der Waals surface area contributed by atoms with Gasteiger partial charge in [0.2, 0.25) is 41.4 Å². The van der Waals surface area contributed by atoms with Crippen LogP contribution in [0, 0.1) is 53.3 Å². The molecule has 0 spiro atoms. The van der Waals surface area contributed by atoms with Crippen LogP contribution in [0.4, 0.5) is 0 Å². The number of carboxylic acid groups (broad SMARTS) is 3. The first-order valence-electron chi connectivity index (χ1n) is 46.6. The third kappa shape index (κ3) is 38.2. The van der Waals surface area contributed by atoms with Crippen LogP contribution in [0.5, 0.6) is 11.5 Å². The number of benzene rings is 5. The number of carbonyl (C=O) groups excluding carboxylic acids is 17. The standard InChI is InChI=1S/C100H131N9O29S/c1-8-56(4)91(87(123)44-66(36-61-23-28-70(114)29-24-61)94(132)104-79(35-55(2)3)83(119)42-67(46-89(126)127)93(131)103-57(5)17-14-15-33-101)108-96(134)69(51-110)45-84(120)80(38-62-25-30-71(115)31-26-62)105-95(133)68(47-90(128)129)43-85(121)82(52-111)107-98(136)76(59(7)113)49-86(122)81(37-60-18-10-9-11-19-60)106-97(135)75(58(6)112)48-73(117)50-102-92(130)65(27-32-88(124)125)39-74(118)54-139-53-72(116)22-16-34-109-99(137)77-40-63-20-12-13-21-64(63)41-78(77)100(109)138/h9-13,18-21,23-26,28-31,40-41,55-59,65-69,75-76,79-82,91,110-115H,8,14-17,22,27,32-39,42-54,101H2,1-7H3,(H,102,130)(H,103,131)(H,104,132)(H,105,133)(H,106,135)(H,107,136)(H,108,134)(H,124,125)(H,126,127)(H,128,129)/t56-,57+,58+,59+,65+,66+,67-,68-,69-,75-,76-,79-,80-,81-,82-,91-/m0/s1. The first-order chi connectivity index (χ1) is 65.8. The number of aromatic hydroxyl groups is 2. The summed E-state index contributed by atoms with van der Waals surface area (Å²) in [6.45, 7) is 8.07. The number of amides is 9. The predicted octanol–water partition coefficient (Wildman–Crippen LogP) is 4.51. The molecular formula is C100H131N9O29S. The van der Waals surface area contributed by atoms with Crippen molar-refractivity contribution in [1.82, 2.24) is 42.1 Å². The van der Waals surface area contributed by atoms with Gasteiger partial charge in [-0.25, -0.2) is 0 Å². The van der Waals surface area contributed by atoms with Crippen LogP contribution in [-0.2, 0) is 106 Å². The predicted molar refractivity (Wildman–Crippen MR) is 507 cm³/mol. The zero-order valence-corrected chi connectivity index (χ0v) is 80.0. The number of fused-ring (bicyclic) bond motifs is 2. The van der Waals surface area contributed by atoms with E-state index in [0.29, 0.717) is 36.9 Å². The van der Waals surface area contributed by atoms with Gasteiger partial charge in [-0.15, -0.1) is 11.8 Å². The van der Waals surface area contributed by atoms with Crippen LogP contribution >= 0.6 is 11.8 Å². The highest BCUT2D eigenvalue weighted by Crippen LogP contribution is 2.31. The van der Waals surface area contributed by atoms with Crippen molar-refractivity contribution >= 4 is 140 Å². The summed E-state index contributed by atoms with van der Waals surface area (Å²) >= 11 is 0.930. The lowest BCUT2D eigenvalue weighted by molar-refractivity contribution is -0.143. The van der Waals surface area contributed by atoms with Crippen LogP contribution < -0.4 is 43.0 Å². The summed E-state index contributed by atoms with van der Waals surface area (Å²) in [4.78, 5) is 276. The Labute approximate surface area is 809 Å². The first kappa shape index (κ1) is 115. The Bertz CT molecular complexity index is 5090. The number of carboxylic acids is 3. The number of thioether (sulfide) groups is 1. The topological polar surface area (TPSA) is 637 Å². The molecule has 39 heteroatoms. The van der Waals surface area contributed by atoms with E-state index >= 15 is 0 Å². The van der Waals surface area contributed by atoms with Gasteiger partial charge in [0.05, 0.1) is 121 Å². The molecule has 0 saturated heterocycles. The molecule has 18 N–H and O–H groups in total. The molecule has 0 radical (unpaired) electrons. The van der Waals surface area contributed by atoms with Crippen LogP contribution in [-0.4, -0.2) is 261 Å². The quantitative estimate of drug-likeness (QED) is 0.0188. The monoisotopic (exact) mass is 1950 g/mol. The van der Waals surface area contributed by atoms with Crippen molar-refractivity contribution in [3.63, 3.8) is 0 Å². The van der Waals surface area contributed by atoms with Crippen LogP contribution in [0.15, 0.2) is 115 Å². The molecule has 0 saturated carbocycles. The first-order valence-corrected chi connectivity index (χ1v) is 47.8. The smallest absolute Gasteiger partial charge is 0.304 e. The molecule has 0 fully saturated rings. The van der Waals surface area contributed by atoms with Crippen molar-refractivity contribution in [2.75, 3.05) is 44.4 Å². The van der Waals surface area contributed by atoms with E-state index in [0.717, 1.165) is 41.3 Å². The van der Waals surface area contributed by atoms with Gasteiger partial charge in [0.1, 0.15) is 29.1 Å². The fourth-order valence-corrected chi connectivity index (χ4v) is 17.0. The lowest BCUT2D eigenvalue weighted by Gasteiger charge is -2.28. The number of phenolic OH excluding ortho intramolecular Hbond substituents is 2. The van der Waals surface area contributed by atoms with Crippen LogP contribution in [0.3, 0.4) is 0 Å². The highest BCUT2D eigenvalue weighted by molar-refractivity contribution is 8.00. The Kier molecular flexibility index (Phi) is 47.7. The number of hydrogen-bond donors (Lipinski definition) is 17. The number of Topliss-reactive ketones (excluding diaryl/α,β-unsaturated/α-hetero) is 8. The number of aliphatic hydroxyl groups excluding tert-OH is 4. The van der Waals surface area contributed by atoms with Crippen molar-refractivity contribution in [2.45, 2.75) is 232 Å². The van der Waals surface area contributed by atoms with Gasteiger partial charge < -0.3 is 88.9 Å². The SMILES string of the molecule is CC[C@H](C)[C@H](NC(=O)[C@H](CO)CC(=O)[C@H](Cc1ccc(O)cc1)NC(=O)[C@H](CC(=O)O)CC(=O)[C@H](CO)NC(=O)[C@@H](CC(=O)[C@H](Cc1ccccc1)NC(=O)[C@@H](CC(=O)CNC(=O)[C@H](CCC(=O)O)CC(=O)CSCC(=O)CCCN1C(=O)c2cc3ccccc3cc2C1=O)[C@@H](C)O)[C@@H](C)O)C(=O)C[C@@H](Cc1ccc(O)cc1)C(=O)N[C@@H](CC(C)C)C(=O)C[C@@H](CC(=O)O)C(=O)N[C@H](C)CCCCN. The summed E-state index contributed by atoms with van der Waals surface area (Å²) < 4.78 is 0. The second-order valence-corrected chi connectivity index (χ2v) is 37.2. The average Bonchev–Trinajstić information content (AvgIpc) is 1.61. The van der Waals surface area contributed by atoms with Crippen molar-refractivity contribution < 1.29 is 142 Å². The van der Waals surface area contributed by atoms with E-state index in [2.05, 4.69) is 37.2 Å². The number of imide groups is 1. The van der Waals surface area contributed by atoms with Crippen LogP contribution in [0.1, 0.15) is 201 Å². The molecule has 0 aromatic heterocycles. The van der Waals surface area contributed by atoms with E-state index in [4.69, 9.17) is 5.73 Å². The minimum atomic E-state index is -2.00. The number of carbonyl (C=O) groups is 20. The van der Waals surface area contributed by atoms with Crippen LogP contribution in [0.25, 0.3) is 10.8 Å². The lowest BCUT2D eigenvalue weighted by Crippen LogP contribution is -2.52. The average molecular weight is 1960 g/mol. The van der Waals surface area contributed by atoms with Gasteiger partial charge in [0.15, 0.2) is 34.7 Å². The number of nitrogens with two attached hydrogens (primary N) is 1. The number of nitrogens with zero attached hydrogens (tertiary/aromatic N) is 1. The van der Waals surface area contributed by atoms with Crippen LogP contribution in [0.2, 0.25) is 0 Å². The molecule has 0 unspecified atom stereocenters. The molecule has 1 aliphatic heterocycles. The maximum Gasteiger partial charge on any atom is 0.304 e. The van der Waals surface area contributed by atoms with Gasteiger partial charge in [-0.2, -0.15) is 0 Å². The number of phenols is 2. The number of aliphatic carboxylic acids is 3. The van der Waals surface area contributed by atoms with Gasteiger partial charge in [-0.3, -0.25) is 101 Å². The number of nitrogens with one attached hydrogen (secondary N) is 7. The van der Waals surface area contributed by atoms with Crippen molar-refractivity contribution in [3.05, 3.63) is 143 Å². The zero-order valence-electron chi connectivity index (χ0n) is 79.2. The lowest BCUT2D eigenvalue weighted by atomic mass is 9.85. The van der Waals surface area contributed by atoms with Gasteiger partial charge in [0, 0.05) is 82.2 Å². The normalized spacial score (nSPS) is 15.3. The second-order valence-electron chi connectivity index (χ2n) is 36.2. The van der Waals surface area contributed by atoms with E-state index in [1.165, 1.54) is 48.5 Å². The maximum absolute atomic E-state index is 14.9. The van der Waals surface area contributed by atoms with E-state index in [-0.39, 0.29) is 103 Å². The van der Waals surface area contributed by atoms with E-state index in [1.54, 1.807) is 89.2 Å². The van der Waals surface area contributed by atoms with E-state index in [1.807, 2.05) is 12.1 Å². The fourth-order valence-electron chi connectivity index (χ4n) is 16.2. The number of ketones is 8. The fraction of sp³-hybridized carbons (Fsp3) is 0.520. The summed E-state index contributed by atoms with van der Waals surface area (Å²) in [5.74, 6) is -31.4. The minimum Gasteiger partial charge on any atom is -0.508 e. The zero-order chi connectivity index (χ0) is 103. The third-order valence-corrected chi connectivity index (χ3v) is 25.4. The van der Waals surface area contributed by atoms with E-state index in [9.17, 15) is 142 Å². The van der Waals surface area contributed by atoms with Gasteiger partial charge in [-0.05, 0) is 154 Å². The molecule has 9 amide bonds. The summed E-state index contributed by atoms with van der Waals surface area (Å²) in [7, 11) is 0. The molecule has 16 atom stereocenters. The van der Waals surface area contributed by atoms with Crippen molar-refractivity contribution in [3.8, 4) is 11.5 Å². The summed E-state index contributed by atoms with van der Waals surface area (Å²) in [5, 5.41) is 113. The molecule has 6 rings (SSSR count). The molecule has 0 bridgehead atoms. The summed E-state index contributed by atoms with van der Waals surface area (Å²) in [6.07, 6.45) is -10.2. The molecule has 5 aromatic rings. The number of unbranched alkanes of at least 4 members (excludes halogenated alkanes) is 1. The molecule has 1 heterocycles. The molecule has 756 valence electrons. The Morgan fingerprint density at radius 3 is 1.37 bits per heavy atom. The summed E-state index contributed by atoms with van der Waals surface area (Å²) in [5.41, 5.74) is 7.28. The summed E-state index contributed by atoms with van der Waals surface area (Å²) in [6, 6.07) is 20.9. The maximum atomic E-state index is 14.9. The molecule has 1 aliphatic rings. The van der Waals surface area contributed by atoms with Crippen molar-refractivity contribution in [2.24, 2.45) is 59.0 Å². The minimum absolute atomic E-state index is 0.0221. The highest BCUT2D eigenvalue weighted by Gasteiger charge is 2.42. The third-order valence-electron chi connectivity index (χ3n) is 24.4. The largest absolute Gasteiger partial charge is 0.508 e. The second kappa shape index (κ2) is 57.6. The molecular weight excluding hydrogens is 1820 g/mol.